The third kappa shape index (κ3) is 3.95. The topological polar surface area (TPSA) is 62.6 Å². The number of nitrogens with zero attached hydrogens (tertiary/aromatic N) is 2. The van der Waals surface area contributed by atoms with Crippen molar-refractivity contribution in [3.8, 4) is 11.5 Å². The van der Waals surface area contributed by atoms with Crippen molar-refractivity contribution in [1.82, 2.24) is 9.55 Å². The lowest BCUT2D eigenvalue weighted by Crippen LogP contribution is -2.10. The van der Waals surface area contributed by atoms with Crippen LogP contribution in [0.3, 0.4) is 0 Å². The van der Waals surface area contributed by atoms with Gasteiger partial charge in [-0.15, -0.1) is 0 Å². The Bertz CT molecular complexity index is 734. The molecule has 6 heteroatoms. The Kier molecular flexibility index (Phi) is 6.01. The summed E-state index contributed by atoms with van der Waals surface area (Å²) in [6.45, 7) is 4.50. The Morgan fingerprint density at radius 3 is 2.62 bits per heavy atom. The van der Waals surface area contributed by atoms with Crippen molar-refractivity contribution in [2.24, 2.45) is 7.05 Å². The van der Waals surface area contributed by atoms with Gasteiger partial charge in [-0.1, -0.05) is 6.07 Å². The zero-order valence-corrected chi connectivity index (χ0v) is 14.4. The van der Waals surface area contributed by atoms with Crippen LogP contribution in [0.2, 0.25) is 0 Å². The predicted octanol–water partition coefficient (Wildman–Crippen LogP) is 2.93. The van der Waals surface area contributed by atoms with Gasteiger partial charge in [0.1, 0.15) is 11.4 Å². The van der Waals surface area contributed by atoms with Crippen LogP contribution in [0.15, 0.2) is 30.6 Å². The minimum Gasteiger partial charge on any atom is -0.493 e. The molecule has 0 amide bonds. The van der Waals surface area contributed by atoms with Crippen LogP contribution in [-0.4, -0.2) is 35.8 Å². The van der Waals surface area contributed by atoms with Gasteiger partial charge in [-0.2, -0.15) is 0 Å². The molecule has 0 aliphatic heterocycles. The summed E-state index contributed by atoms with van der Waals surface area (Å²) in [5.74, 6) is 1.39. The smallest absolute Gasteiger partial charge is 0.341 e. The number of methoxy groups -OCH3 is 1. The van der Waals surface area contributed by atoms with E-state index in [2.05, 4.69) is 4.98 Å². The second-order valence-corrected chi connectivity index (χ2v) is 4.98. The lowest BCUT2D eigenvalue weighted by molar-refractivity contribution is -0.136. The van der Waals surface area contributed by atoms with Crippen LogP contribution in [0.5, 0.6) is 11.5 Å². The Balaban J connectivity index is 2.48. The zero-order valence-electron chi connectivity index (χ0n) is 14.4. The highest BCUT2D eigenvalue weighted by Crippen LogP contribution is 2.30. The normalized spacial score (nSPS) is 11.2. The van der Waals surface area contributed by atoms with Gasteiger partial charge in [0, 0.05) is 19.4 Å². The summed E-state index contributed by atoms with van der Waals surface area (Å²) in [6.07, 6.45) is 5.16. The standard InChI is InChI=1S/C18H22N2O4/c1-5-23-16-12-13(7-8-15(16)22-4)11-14(18(21)24-6-2)17-19-9-10-20(17)3/h7-12H,5-6H2,1-4H3/b14-11+. The summed E-state index contributed by atoms with van der Waals surface area (Å²) in [5, 5.41) is 0. The number of imidazole rings is 1. The molecule has 0 spiro atoms. The number of hydrogen-bond acceptors (Lipinski definition) is 5. The number of ether oxygens (including phenoxy) is 3. The predicted molar refractivity (Wildman–Crippen MR) is 91.9 cm³/mol. The van der Waals surface area contributed by atoms with Gasteiger partial charge >= 0.3 is 5.97 Å². The number of carbonyl (C=O) groups excluding carboxylic acids is 1. The molecular formula is C18H22N2O4. The molecule has 0 aliphatic rings. The fourth-order valence-corrected chi connectivity index (χ4v) is 2.27. The van der Waals surface area contributed by atoms with Crippen LogP contribution in [0.4, 0.5) is 0 Å². The van der Waals surface area contributed by atoms with Crippen molar-refractivity contribution in [2.75, 3.05) is 20.3 Å². The number of aryl methyl sites for hydroxylation is 1. The lowest BCUT2D eigenvalue weighted by atomic mass is 10.1. The Morgan fingerprint density at radius 2 is 2.04 bits per heavy atom. The molecule has 1 aromatic heterocycles. The molecule has 2 rings (SSSR count). The molecule has 2 aromatic rings. The van der Waals surface area contributed by atoms with Crippen molar-refractivity contribution in [3.63, 3.8) is 0 Å². The molecule has 0 saturated carbocycles. The minimum absolute atomic E-state index is 0.299. The second kappa shape index (κ2) is 8.19. The molecule has 0 bridgehead atoms. The second-order valence-electron chi connectivity index (χ2n) is 4.98. The molecular weight excluding hydrogens is 308 g/mol. The monoisotopic (exact) mass is 330 g/mol. The molecule has 24 heavy (non-hydrogen) atoms. The summed E-state index contributed by atoms with van der Waals surface area (Å²) in [6, 6.07) is 5.48. The molecule has 0 unspecified atom stereocenters. The van der Waals surface area contributed by atoms with Crippen molar-refractivity contribution < 1.29 is 19.0 Å². The van der Waals surface area contributed by atoms with E-state index >= 15 is 0 Å². The third-order valence-electron chi connectivity index (χ3n) is 3.36. The molecule has 0 radical (unpaired) electrons. The van der Waals surface area contributed by atoms with Crippen LogP contribution in [0, 0.1) is 0 Å². The Hall–Kier alpha value is -2.76. The van der Waals surface area contributed by atoms with Crippen molar-refractivity contribution >= 4 is 17.6 Å². The molecule has 0 fully saturated rings. The molecule has 6 nitrogen and oxygen atoms in total. The van der Waals surface area contributed by atoms with Gasteiger partial charge in [-0.25, -0.2) is 9.78 Å². The first kappa shape index (κ1) is 17.6. The van der Waals surface area contributed by atoms with Crippen LogP contribution < -0.4 is 9.47 Å². The van der Waals surface area contributed by atoms with Gasteiger partial charge < -0.3 is 18.8 Å². The summed E-state index contributed by atoms with van der Waals surface area (Å²) in [7, 11) is 3.42. The first-order chi connectivity index (χ1) is 11.6. The minimum atomic E-state index is -0.416. The van der Waals surface area contributed by atoms with Gasteiger partial charge in [0.15, 0.2) is 11.5 Å². The molecule has 128 valence electrons. The van der Waals surface area contributed by atoms with Crippen molar-refractivity contribution in [2.45, 2.75) is 13.8 Å². The van der Waals surface area contributed by atoms with Crippen molar-refractivity contribution in [3.05, 3.63) is 42.0 Å². The van der Waals surface area contributed by atoms with Gasteiger partial charge in [-0.3, -0.25) is 0 Å². The van der Waals surface area contributed by atoms with Crippen LogP contribution in [0.25, 0.3) is 11.6 Å². The number of esters is 1. The van der Waals surface area contributed by atoms with E-state index in [9.17, 15) is 4.79 Å². The van der Waals surface area contributed by atoms with E-state index < -0.39 is 5.97 Å². The van der Waals surface area contributed by atoms with Gasteiger partial charge in [0.05, 0.1) is 20.3 Å². The first-order valence-corrected chi connectivity index (χ1v) is 7.78. The summed E-state index contributed by atoms with van der Waals surface area (Å²) in [4.78, 5) is 16.6. The number of benzene rings is 1. The molecule has 0 N–H and O–H groups in total. The molecule has 0 aliphatic carbocycles. The maximum Gasteiger partial charge on any atom is 0.341 e. The van der Waals surface area contributed by atoms with Crippen LogP contribution >= 0.6 is 0 Å². The molecule has 1 aromatic carbocycles. The van der Waals surface area contributed by atoms with E-state index in [1.165, 1.54) is 0 Å². The van der Waals surface area contributed by atoms with E-state index in [0.717, 1.165) is 5.56 Å². The maximum atomic E-state index is 12.3. The van der Waals surface area contributed by atoms with E-state index in [4.69, 9.17) is 14.2 Å². The fourth-order valence-electron chi connectivity index (χ4n) is 2.27. The van der Waals surface area contributed by atoms with Crippen LogP contribution in [-0.2, 0) is 16.6 Å². The number of rotatable bonds is 7. The fraction of sp³-hybridized carbons (Fsp3) is 0.333. The lowest BCUT2D eigenvalue weighted by Gasteiger charge is -2.11. The largest absolute Gasteiger partial charge is 0.493 e. The SMILES string of the molecule is CCOC(=O)/C(=C/c1ccc(OC)c(OCC)c1)c1nccn1C. The van der Waals surface area contributed by atoms with Crippen molar-refractivity contribution in [1.29, 1.82) is 0 Å². The first-order valence-electron chi connectivity index (χ1n) is 7.78. The Labute approximate surface area is 141 Å². The number of carbonyl (C=O) groups is 1. The van der Waals surface area contributed by atoms with E-state index in [1.54, 1.807) is 43.1 Å². The average molecular weight is 330 g/mol. The molecule has 1 heterocycles. The van der Waals surface area contributed by atoms with E-state index in [-0.39, 0.29) is 0 Å². The van der Waals surface area contributed by atoms with Crippen LogP contribution in [0.1, 0.15) is 25.2 Å². The molecule has 0 atom stereocenters. The van der Waals surface area contributed by atoms with Gasteiger partial charge in [-0.05, 0) is 37.6 Å². The van der Waals surface area contributed by atoms with E-state index in [1.807, 2.05) is 26.1 Å². The third-order valence-corrected chi connectivity index (χ3v) is 3.36. The summed E-state index contributed by atoms with van der Waals surface area (Å²) in [5.41, 5.74) is 1.18. The summed E-state index contributed by atoms with van der Waals surface area (Å²) < 4.78 is 17.8. The maximum absolute atomic E-state index is 12.3. The number of hydrogen-bond donors (Lipinski definition) is 0. The highest BCUT2D eigenvalue weighted by atomic mass is 16.5. The summed E-state index contributed by atoms with van der Waals surface area (Å²) >= 11 is 0. The highest BCUT2D eigenvalue weighted by Gasteiger charge is 2.18. The van der Waals surface area contributed by atoms with Gasteiger partial charge in [0.2, 0.25) is 0 Å². The number of aromatic nitrogens is 2. The highest BCUT2D eigenvalue weighted by molar-refractivity contribution is 6.20. The van der Waals surface area contributed by atoms with E-state index in [0.29, 0.717) is 36.1 Å². The Morgan fingerprint density at radius 1 is 1.25 bits per heavy atom. The zero-order chi connectivity index (χ0) is 17.5. The van der Waals surface area contributed by atoms with Gasteiger partial charge in [0.25, 0.3) is 0 Å². The molecule has 0 saturated heterocycles. The average Bonchev–Trinajstić information content (AvgIpc) is 2.99. The quantitative estimate of drug-likeness (QED) is 0.577.